The minimum atomic E-state index is -0.0704. The standard InChI is InChI=1S/C9H19N2OP/c1-5-9(6-10-8(9)12)13-11(4)7(2)3/h7,13H,5-6H2,1-4H3,(H,10,12). The molecule has 0 aromatic carbocycles. The van der Waals surface area contributed by atoms with Crippen LogP contribution in [0.5, 0.6) is 0 Å². The second kappa shape index (κ2) is 3.93. The van der Waals surface area contributed by atoms with Crippen LogP contribution in [0.25, 0.3) is 0 Å². The molecule has 1 aliphatic rings. The molecule has 0 aromatic rings. The van der Waals surface area contributed by atoms with Crippen LogP contribution in [-0.2, 0) is 4.79 Å². The summed E-state index contributed by atoms with van der Waals surface area (Å²) in [5, 5.41) is 2.77. The molecule has 1 rings (SSSR count). The van der Waals surface area contributed by atoms with Gasteiger partial charge in [0, 0.05) is 12.6 Å². The van der Waals surface area contributed by atoms with Gasteiger partial charge in [0.05, 0.1) is 5.16 Å². The lowest BCUT2D eigenvalue weighted by Gasteiger charge is -2.43. The SMILES string of the molecule is CCC1(PN(C)C(C)C)CNC1=O. The summed E-state index contributed by atoms with van der Waals surface area (Å²) in [4.78, 5) is 11.4. The lowest BCUT2D eigenvalue weighted by molar-refractivity contribution is -0.129. The topological polar surface area (TPSA) is 32.3 Å². The van der Waals surface area contributed by atoms with Crippen LogP contribution in [0.4, 0.5) is 0 Å². The van der Waals surface area contributed by atoms with Crippen molar-refractivity contribution in [2.75, 3.05) is 13.6 Å². The third-order valence-electron chi connectivity index (χ3n) is 2.75. The van der Waals surface area contributed by atoms with E-state index in [1.54, 1.807) is 0 Å². The second-order valence-electron chi connectivity index (χ2n) is 3.93. The van der Waals surface area contributed by atoms with Crippen molar-refractivity contribution >= 4 is 14.6 Å². The summed E-state index contributed by atoms with van der Waals surface area (Å²) < 4.78 is 2.27. The van der Waals surface area contributed by atoms with Gasteiger partial charge in [0.1, 0.15) is 0 Å². The first-order valence-electron chi connectivity index (χ1n) is 4.81. The van der Waals surface area contributed by atoms with E-state index in [1.165, 1.54) is 0 Å². The molecule has 0 aliphatic carbocycles. The number of carbonyl (C=O) groups excluding carboxylic acids is 1. The molecular weight excluding hydrogens is 183 g/mol. The molecule has 1 amide bonds. The summed E-state index contributed by atoms with van der Waals surface area (Å²) in [6.07, 6.45) is 0.953. The highest BCUT2D eigenvalue weighted by Crippen LogP contribution is 2.41. The van der Waals surface area contributed by atoms with Crippen molar-refractivity contribution in [3.8, 4) is 0 Å². The Morgan fingerprint density at radius 3 is 2.54 bits per heavy atom. The van der Waals surface area contributed by atoms with Crippen LogP contribution >= 0.6 is 8.73 Å². The van der Waals surface area contributed by atoms with Gasteiger partial charge in [0.25, 0.3) is 0 Å². The van der Waals surface area contributed by atoms with Gasteiger partial charge in [-0.05, 0) is 36.0 Å². The van der Waals surface area contributed by atoms with E-state index in [0.29, 0.717) is 14.8 Å². The van der Waals surface area contributed by atoms with Gasteiger partial charge in [-0.25, -0.2) is 0 Å². The molecule has 1 N–H and O–H groups in total. The number of hydrogen-bond acceptors (Lipinski definition) is 2. The maximum Gasteiger partial charge on any atom is 0.233 e. The highest BCUT2D eigenvalue weighted by atomic mass is 31.1. The zero-order chi connectivity index (χ0) is 10.1. The fraction of sp³-hybridized carbons (Fsp3) is 0.889. The molecule has 2 atom stereocenters. The number of hydrogen-bond donors (Lipinski definition) is 1. The molecule has 1 fully saturated rings. The second-order valence-corrected chi connectivity index (χ2v) is 5.82. The summed E-state index contributed by atoms with van der Waals surface area (Å²) in [6.45, 7) is 7.28. The molecule has 1 saturated heterocycles. The summed E-state index contributed by atoms with van der Waals surface area (Å²) in [5.74, 6) is 0.237. The number of β-lactam (4-membered cyclic amide) rings is 1. The Morgan fingerprint density at radius 1 is 1.69 bits per heavy atom. The van der Waals surface area contributed by atoms with E-state index in [2.05, 4.69) is 37.8 Å². The highest BCUT2D eigenvalue weighted by Gasteiger charge is 2.45. The largest absolute Gasteiger partial charge is 0.354 e. The predicted molar refractivity (Wildman–Crippen MR) is 57.2 cm³/mol. The van der Waals surface area contributed by atoms with Gasteiger partial charge in [-0.1, -0.05) is 6.92 Å². The maximum atomic E-state index is 11.4. The molecule has 0 saturated carbocycles. The van der Waals surface area contributed by atoms with Crippen LogP contribution in [0.3, 0.4) is 0 Å². The van der Waals surface area contributed by atoms with Crippen LogP contribution in [0.2, 0.25) is 0 Å². The summed E-state index contributed by atoms with van der Waals surface area (Å²) in [5.41, 5.74) is 0. The number of nitrogens with zero attached hydrogens (tertiary/aromatic N) is 1. The van der Waals surface area contributed by atoms with E-state index < -0.39 is 0 Å². The van der Waals surface area contributed by atoms with Gasteiger partial charge in [0.15, 0.2) is 0 Å². The van der Waals surface area contributed by atoms with Gasteiger partial charge < -0.3 is 5.32 Å². The fourth-order valence-electron chi connectivity index (χ4n) is 1.30. The van der Waals surface area contributed by atoms with E-state index >= 15 is 0 Å². The van der Waals surface area contributed by atoms with Crippen LogP contribution in [0.15, 0.2) is 0 Å². The molecular formula is C9H19N2OP. The Hall–Kier alpha value is -0.140. The third kappa shape index (κ3) is 2.03. The Morgan fingerprint density at radius 2 is 2.31 bits per heavy atom. The summed E-state index contributed by atoms with van der Waals surface area (Å²) >= 11 is 0. The van der Waals surface area contributed by atoms with Gasteiger partial charge in [-0.15, -0.1) is 0 Å². The molecule has 3 nitrogen and oxygen atoms in total. The van der Waals surface area contributed by atoms with E-state index in [1.807, 2.05) is 0 Å². The number of amides is 1. The Bertz CT molecular complexity index is 204. The lowest BCUT2D eigenvalue weighted by Crippen LogP contribution is -2.62. The van der Waals surface area contributed by atoms with Gasteiger partial charge >= 0.3 is 0 Å². The molecule has 76 valence electrons. The maximum absolute atomic E-state index is 11.4. The summed E-state index contributed by atoms with van der Waals surface area (Å²) in [6, 6.07) is 0.523. The molecule has 4 heteroatoms. The minimum Gasteiger partial charge on any atom is -0.354 e. The first kappa shape index (κ1) is 10.9. The Balaban J connectivity index is 2.54. The van der Waals surface area contributed by atoms with Crippen LogP contribution in [-0.4, -0.2) is 35.4 Å². The van der Waals surface area contributed by atoms with Crippen molar-refractivity contribution in [3.05, 3.63) is 0 Å². The molecule has 2 unspecified atom stereocenters. The van der Waals surface area contributed by atoms with Crippen molar-refractivity contribution < 1.29 is 4.79 Å². The smallest absolute Gasteiger partial charge is 0.233 e. The van der Waals surface area contributed by atoms with Gasteiger partial charge in [0.2, 0.25) is 5.91 Å². The van der Waals surface area contributed by atoms with Crippen molar-refractivity contribution in [2.24, 2.45) is 0 Å². The normalized spacial score (nSPS) is 28.6. The predicted octanol–water partition coefficient (Wildman–Crippen LogP) is 1.20. The Kier molecular flexibility index (Phi) is 3.31. The molecule has 0 bridgehead atoms. The number of nitrogens with one attached hydrogen (secondary N) is 1. The Labute approximate surface area is 82.1 Å². The van der Waals surface area contributed by atoms with E-state index in [-0.39, 0.29) is 11.1 Å². The van der Waals surface area contributed by atoms with Gasteiger partial charge in [-0.3, -0.25) is 9.46 Å². The van der Waals surface area contributed by atoms with E-state index in [0.717, 1.165) is 13.0 Å². The quantitative estimate of drug-likeness (QED) is 0.548. The van der Waals surface area contributed by atoms with Crippen LogP contribution in [0, 0.1) is 0 Å². The van der Waals surface area contributed by atoms with Crippen molar-refractivity contribution in [2.45, 2.75) is 38.4 Å². The molecule has 0 spiro atoms. The number of carbonyl (C=O) groups is 1. The zero-order valence-corrected chi connectivity index (χ0v) is 9.85. The third-order valence-corrected chi connectivity index (χ3v) is 4.81. The molecule has 0 aromatic heterocycles. The van der Waals surface area contributed by atoms with E-state index in [9.17, 15) is 4.79 Å². The molecule has 13 heavy (non-hydrogen) atoms. The van der Waals surface area contributed by atoms with Gasteiger partial charge in [-0.2, -0.15) is 0 Å². The van der Waals surface area contributed by atoms with Crippen LogP contribution < -0.4 is 5.32 Å². The van der Waals surface area contributed by atoms with Crippen molar-refractivity contribution in [1.82, 2.24) is 9.99 Å². The molecule has 1 heterocycles. The molecule has 0 radical (unpaired) electrons. The van der Waals surface area contributed by atoms with Crippen molar-refractivity contribution in [1.29, 1.82) is 0 Å². The first-order chi connectivity index (χ1) is 6.02. The first-order valence-corrected chi connectivity index (χ1v) is 5.75. The number of rotatable bonds is 4. The minimum absolute atomic E-state index is 0.0704. The summed E-state index contributed by atoms with van der Waals surface area (Å²) in [7, 11) is 2.71. The highest BCUT2D eigenvalue weighted by molar-refractivity contribution is 7.39. The zero-order valence-electron chi connectivity index (χ0n) is 8.85. The van der Waals surface area contributed by atoms with E-state index in [4.69, 9.17) is 0 Å². The average Bonchev–Trinajstić information content (AvgIpc) is 2.10. The van der Waals surface area contributed by atoms with Crippen molar-refractivity contribution in [3.63, 3.8) is 0 Å². The average molecular weight is 202 g/mol. The fourth-order valence-corrected chi connectivity index (χ4v) is 2.74. The van der Waals surface area contributed by atoms with Crippen LogP contribution in [0.1, 0.15) is 27.2 Å². The monoisotopic (exact) mass is 202 g/mol. The molecule has 1 aliphatic heterocycles. The lowest BCUT2D eigenvalue weighted by atomic mass is 9.98.